The third kappa shape index (κ3) is 16.9. The highest BCUT2D eigenvalue weighted by Gasteiger charge is 2.55. The van der Waals surface area contributed by atoms with E-state index in [9.17, 15) is 5.11 Å². The van der Waals surface area contributed by atoms with Crippen LogP contribution in [0, 0.1) is 0 Å². The standard InChI is InChI=1S/C53H74N2O5S/c1-3-5-7-9-11-13-27-37-54-53(61)55(38-28-14-12-10-8-6-4-2)47-48(56)50(58-40-44-31-21-16-22-32-44)52(60-42-46-35-25-18-26-36-46)51(59-41-45-33-23-17-24-34-45)49(47)57-39-43-29-19-15-20-30-43/h15-26,29-36,47-52,56H,3-14,27-28,37-42H2,1-2H3,(H,54,61)/t47-,48+,49+,50+,51-,52-/m1/s1. The Balaban J connectivity index is 1.51. The Kier molecular flexibility index (Phi) is 22.9. The van der Waals surface area contributed by atoms with Gasteiger partial charge < -0.3 is 34.3 Å². The molecule has 7 nitrogen and oxygen atoms in total. The molecule has 0 radical (unpaired) electrons. The van der Waals surface area contributed by atoms with Gasteiger partial charge in [0.2, 0.25) is 0 Å². The van der Waals surface area contributed by atoms with Crippen LogP contribution in [0.1, 0.15) is 126 Å². The lowest BCUT2D eigenvalue weighted by Crippen LogP contribution is -2.71. The Morgan fingerprint density at radius 3 is 1.25 bits per heavy atom. The summed E-state index contributed by atoms with van der Waals surface area (Å²) in [5.41, 5.74) is 4.13. The average Bonchev–Trinajstić information content (AvgIpc) is 3.30. The third-order valence-corrected chi connectivity index (χ3v) is 12.2. The first-order valence-electron chi connectivity index (χ1n) is 23.4. The van der Waals surface area contributed by atoms with Crippen LogP contribution in [0.2, 0.25) is 0 Å². The van der Waals surface area contributed by atoms with Gasteiger partial charge >= 0.3 is 0 Å². The van der Waals surface area contributed by atoms with Crippen molar-refractivity contribution in [3.05, 3.63) is 144 Å². The van der Waals surface area contributed by atoms with Crippen molar-refractivity contribution in [2.45, 2.75) is 167 Å². The first-order chi connectivity index (χ1) is 30.1. The molecule has 1 aliphatic carbocycles. The molecule has 0 spiro atoms. The second-order valence-corrected chi connectivity index (χ2v) is 17.1. The monoisotopic (exact) mass is 851 g/mol. The number of hydrogen-bond acceptors (Lipinski definition) is 6. The zero-order valence-electron chi connectivity index (χ0n) is 37.1. The molecule has 2 N–H and O–H groups in total. The molecule has 1 saturated carbocycles. The molecule has 6 atom stereocenters. The molecule has 4 aromatic rings. The zero-order valence-corrected chi connectivity index (χ0v) is 37.9. The highest BCUT2D eigenvalue weighted by atomic mass is 32.1. The molecule has 0 amide bonds. The van der Waals surface area contributed by atoms with Crippen molar-refractivity contribution >= 4 is 17.3 Å². The summed E-state index contributed by atoms with van der Waals surface area (Å²) in [6.45, 7) is 7.29. The van der Waals surface area contributed by atoms with E-state index in [0.29, 0.717) is 38.1 Å². The van der Waals surface area contributed by atoms with Crippen molar-refractivity contribution in [1.29, 1.82) is 0 Å². The number of unbranched alkanes of at least 4 members (excludes halogenated alkanes) is 12. The van der Waals surface area contributed by atoms with Gasteiger partial charge in [-0.15, -0.1) is 0 Å². The summed E-state index contributed by atoms with van der Waals surface area (Å²) in [5.74, 6) is 0. The van der Waals surface area contributed by atoms with E-state index in [4.69, 9.17) is 31.2 Å². The molecule has 0 saturated heterocycles. The highest BCUT2D eigenvalue weighted by molar-refractivity contribution is 7.80. The van der Waals surface area contributed by atoms with Gasteiger partial charge in [-0.3, -0.25) is 0 Å². The summed E-state index contributed by atoms with van der Waals surface area (Å²) in [5, 5.41) is 17.3. The Labute approximate surface area is 373 Å². The summed E-state index contributed by atoms with van der Waals surface area (Å²) in [6, 6.07) is 40.2. The Morgan fingerprint density at radius 1 is 0.475 bits per heavy atom. The number of aliphatic hydroxyl groups is 1. The average molecular weight is 851 g/mol. The van der Waals surface area contributed by atoms with Gasteiger partial charge in [0.05, 0.1) is 32.5 Å². The molecule has 8 heteroatoms. The molecular weight excluding hydrogens is 777 g/mol. The lowest BCUT2D eigenvalue weighted by molar-refractivity contribution is -0.259. The van der Waals surface area contributed by atoms with Gasteiger partial charge in [-0.05, 0) is 47.3 Å². The Bertz CT molecular complexity index is 1700. The van der Waals surface area contributed by atoms with E-state index in [1.165, 1.54) is 64.2 Å². The van der Waals surface area contributed by atoms with Crippen molar-refractivity contribution in [3.8, 4) is 0 Å². The first-order valence-corrected chi connectivity index (χ1v) is 23.8. The van der Waals surface area contributed by atoms with Gasteiger partial charge in [-0.2, -0.15) is 0 Å². The largest absolute Gasteiger partial charge is 0.388 e. The smallest absolute Gasteiger partial charge is 0.169 e. The minimum Gasteiger partial charge on any atom is -0.388 e. The van der Waals surface area contributed by atoms with E-state index in [1.54, 1.807) is 0 Å². The normalized spacial score (nSPS) is 20.0. The van der Waals surface area contributed by atoms with Crippen LogP contribution in [0.25, 0.3) is 0 Å². The predicted molar refractivity (Wildman–Crippen MR) is 253 cm³/mol. The molecule has 61 heavy (non-hydrogen) atoms. The molecule has 0 unspecified atom stereocenters. The van der Waals surface area contributed by atoms with E-state index in [-0.39, 0.29) is 0 Å². The SMILES string of the molecule is CCCCCCCCCNC(=S)N(CCCCCCCCC)[C@@H]1[C@H](O)[C@H](OCc2ccccc2)[C@@H](OCc2ccccc2)[C@H](OCc2ccccc2)[C@H]1OCc1ccccc1. The van der Waals surface area contributed by atoms with Gasteiger partial charge in [0.15, 0.2) is 5.11 Å². The predicted octanol–water partition coefficient (Wildman–Crippen LogP) is 11.7. The maximum absolute atomic E-state index is 13.0. The van der Waals surface area contributed by atoms with Crippen molar-refractivity contribution in [1.82, 2.24) is 10.2 Å². The summed E-state index contributed by atoms with van der Waals surface area (Å²) in [7, 11) is 0. The van der Waals surface area contributed by atoms with E-state index < -0.39 is 36.6 Å². The van der Waals surface area contributed by atoms with Crippen LogP contribution >= 0.6 is 12.2 Å². The van der Waals surface area contributed by atoms with Crippen LogP contribution in [0.5, 0.6) is 0 Å². The van der Waals surface area contributed by atoms with E-state index in [2.05, 4.69) is 72.6 Å². The Hall–Kier alpha value is -3.63. The van der Waals surface area contributed by atoms with Crippen molar-refractivity contribution < 1.29 is 24.1 Å². The fraction of sp³-hybridized carbons (Fsp3) is 0.528. The molecule has 1 fully saturated rings. The van der Waals surface area contributed by atoms with Crippen LogP contribution in [-0.4, -0.2) is 64.8 Å². The zero-order chi connectivity index (χ0) is 42.7. The number of hydrogen-bond donors (Lipinski definition) is 2. The van der Waals surface area contributed by atoms with Gasteiger partial charge in [-0.1, -0.05) is 212 Å². The lowest BCUT2D eigenvalue weighted by atomic mass is 9.81. The number of benzene rings is 4. The Morgan fingerprint density at radius 2 is 0.820 bits per heavy atom. The molecule has 0 aliphatic heterocycles. The topological polar surface area (TPSA) is 72.4 Å². The van der Waals surface area contributed by atoms with Gasteiger partial charge in [0.25, 0.3) is 0 Å². The summed E-state index contributed by atoms with van der Waals surface area (Å²) >= 11 is 6.35. The molecular formula is C53H74N2O5S. The minimum absolute atomic E-state index is 0.306. The molecule has 1 aliphatic rings. The number of rotatable bonds is 29. The van der Waals surface area contributed by atoms with E-state index in [0.717, 1.165) is 54.5 Å². The van der Waals surface area contributed by atoms with Crippen LogP contribution in [0.15, 0.2) is 121 Å². The molecule has 332 valence electrons. The molecule has 0 bridgehead atoms. The van der Waals surface area contributed by atoms with Crippen LogP contribution < -0.4 is 5.32 Å². The van der Waals surface area contributed by atoms with Crippen LogP contribution in [0.4, 0.5) is 0 Å². The quantitative estimate of drug-likeness (QED) is 0.0413. The number of thiocarbonyl (C=S) groups is 1. The van der Waals surface area contributed by atoms with Gasteiger partial charge in [0.1, 0.15) is 30.5 Å². The molecule has 4 aromatic carbocycles. The second-order valence-electron chi connectivity index (χ2n) is 16.7. The second kappa shape index (κ2) is 28.9. The molecule has 5 rings (SSSR count). The van der Waals surface area contributed by atoms with Crippen LogP contribution in [-0.2, 0) is 45.4 Å². The molecule has 0 aromatic heterocycles. The maximum atomic E-state index is 13.0. The van der Waals surface area contributed by atoms with Gasteiger partial charge in [-0.25, -0.2) is 0 Å². The number of aliphatic hydroxyl groups excluding tert-OH is 1. The van der Waals surface area contributed by atoms with E-state index >= 15 is 0 Å². The number of nitrogens with one attached hydrogen (secondary N) is 1. The first kappa shape index (κ1) is 48.4. The summed E-state index contributed by atoms with van der Waals surface area (Å²) in [6.07, 6.45) is 13.1. The fourth-order valence-corrected chi connectivity index (χ4v) is 8.67. The lowest BCUT2D eigenvalue weighted by Gasteiger charge is -2.52. The maximum Gasteiger partial charge on any atom is 0.169 e. The summed E-state index contributed by atoms with van der Waals surface area (Å²) in [4.78, 5) is 2.22. The van der Waals surface area contributed by atoms with Crippen molar-refractivity contribution in [3.63, 3.8) is 0 Å². The van der Waals surface area contributed by atoms with Crippen molar-refractivity contribution in [2.75, 3.05) is 13.1 Å². The third-order valence-electron chi connectivity index (χ3n) is 11.8. The highest BCUT2D eigenvalue weighted by Crippen LogP contribution is 2.36. The minimum atomic E-state index is -1.02. The van der Waals surface area contributed by atoms with Crippen LogP contribution in [0.3, 0.4) is 0 Å². The molecule has 0 heterocycles. The summed E-state index contributed by atoms with van der Waals surface area (Å²) < 4.78 is 28.0. The van der Waals surface area contributed by atoms with Crippen molar-refractivity contribution in [2.24, 2.45) is 0 Å². The fourth-order valence-electron chi connectivity index (χ4n) is 8.35. The van der Waals surface area contributed by atoms with Gasteiger partial charge in [0, 0.05) is 13.1 Å². The van der Waals surface area contributed by atoms with E-state index in [1.807, 2.05) is 72.8 Å². The number of nitrogens with zero attached hydrogens (tertiary/aromatic N) is 1. The number of ether oxygens (including phenoxy) is 4.